The summed E-state index contributed by atoms with van der Waals surface area (Å²) in [7, 11) is 0. The molecule has 4 nitrogen and oxygen atoms in total. The molecule has 0 unspecified atom stereocenters. The predicted molar refractivity (Wildman–Crippen MR) is 53.0 cm³/mol. The first kappa shape index (κ1) is 9.58. The van der Waals surface area contributed by atoms with Gasteiger partial charge in [-0.3, -0.25) is 4.79 Å². The summed E-state index contributed by atoms with van der Waals surface area (Å²) in [5.74, 6) is 0.367. The Balaban J connectivity index is 2.26. The molecule has 0 amide bonds. The fraction of sp³-hybridized carbons (Fsp3) is 0.444. The van der Waals surface area contributed by atoms with Crippen LogP contribution < -0.4 is 0 Å². The summed E-state index contributed by atoms with van der Waals surface area (Å²) in [6, 6.07) is 0. The van der Waals surface area contributed by atoms with Gasteiger partial charge < -0.3 is 5.11 Å². The summed E-state index contributed by atoms with van der Waals surface area (Å²) in [4.78, 5) is 18.9. The van der Waals surface area contributed by atoms with E-state index in [0.29, 0.717) is 16.1 Å². The molecule has 1 aliphatic carbocycles. The molecular weight excluding hydrogens is 248 g/mol. The average molecular weight is 257 g/mol. The first-order valence-corrected chi connectivity index (χ1v) is 5.19. The summed E-state index contributed by atoms with van der Waals surface area (Å²) in [6.07, 6.45) is 3.82. The number of carboxylic acids is 1. The number of aliphatic carboxylic acids is 1. The van der Waals surface area contributed by atoms with Crippen LogP contribution in [0, 0.1) is 0 Å². The molecule has 0 aliphatic heterocycles. The normalized spacial score (nSPS) is 15.5. The van der Waals surface area contributed by atoms with Gasteiger partial charge in [-0.2, -0.15) is 0 Å². The Morgan fingerprint density at radius 1 is 1.64 bits per heavy atom. The van der Waals surface area contributed by atoms with Crippen molar-refractivity contribution in [3.8, 4) is 0 Å². The Hall–Kier alpha value is -0.970. The van der Waals surface area contributed by atoms with Gasteiger partial charge in [0.15, 0.2) is 0 Å². The van der Waals surface area contributed by atoms with E-state index in [4.69, 9.17) is 5.11 Å². The zero-order valence-corrected chi connectivity index (χ0v) is 8.99. The zero-order valence-electron chi connectivity index (χ0n) is 7.40. The Kier molecular flexibility index (Phi) is 2.50. The molecule has 0 saturated heterocycles. The first-order chi connectivity index (χ1) is 6.66. The van der Waals surface area contributed by atoms with Crippen LogP contribution in [0.5, 0.6) is 0 Å². The van der Waals surface area contributed by atoms with Crippen LogP contribution in [0.25, 0.3) is 0 Å². The standard InChI is InChI=1S/C9H9BrN2O2/c10-6-4-11-9(5-1-2-5)12-7(6)3-8(13)14/h4-5H,1-3H2,(H,13,14). The number of carboxylic acid groups (broad SMARTS) is 1. The lowest BCUT2D eigenvalue weighted by Crippen LogP contribution is -2.06. The van der Waals surface area contributed by atoms with Crippen LogP contribution in [0.4, 0.5) is 0 Å². The molecule has 0 bridgehead atoms. The number of hydrogen-bond donors (Lipinski definition) is 1. The highest BCUT2D eigenvalue weighted by Crippen LogP contribution is 2.38. The van der Waals surface area contributed by atoms with Gasteiger partial charge in [0, 0.05) is 12.1 Å². The molecule has 1 saturated carbocycles. The lowest BCUT2D eigenvalue weighted by molar-refractivity contribution is -0.136. The minimum Gasteiger partial charge on any atom is -0.481 e. The Bertz CT molecular complexity index is 377. The highest BCUT2D eigenvalue weighted by atomic mass is 79.9. The number of halogens is 1. The maximum absolute atomic E-state index is 10.5. The van der Waals surface area contributed by atoms with E-state index in [0.717, 1.165) is 18.7 Å². The van der Waals surface area contributed by atoms with Gasteiger partial charge >= 0.3 is 5.97 Å². The third-order valence-corrected chi connectivity index (χ3v) is 2.76. The number of nitrogens with zero attached hydrogens (tertiary/aromatic N) is 2. The number of carbonyl (C=O) groups is 1. The summed E-state index contributed by atoms with van der Waals surface area (Å²) in [6.45, 7) is 0. The monoisotopic (exact) mass is 256 g/mol. The maximum atomic E-state index is 10.5. The van der Waals surface area contributed by atoms with Crippen molar-refractivity contribution >= 4 is 21.9 Å². The smallest absolute Gasteiger partial charge is 0.309 e. The van der Waals surface area contributed by atoms with Crippen molar-refractivity contribution in [2.75, 3.05) is 0 Å². The van der Waals surface area contributed by atoms with Gasteiger partial charge in [0.25, 0.3) is 0 Å². The van der Waals surface area contributed by atoms with Crippen molar-refractivity contribution in [3.63, 3.8) is 0 Å². The van der Waals surface area contributed by atoms with Gasteiger partial charge in [0.05, 0.1) is 16.6 Å². The predicted octanol–water partition coefficient (Wildman–Crippen LogP) is 1.74. The topological polar surface area (TPSA) is 63.1 Å². The van der Waals surface area contributed by atoms with E-state index < -0.39 is 5.97 Å². The minimum absolute atomic E-state index is 0.0528. The second kappa shape index (κ2) is 3.65. The molecular formula is C9H9BrN2O2. The van der Waals surface area contributed by atoms with Crippen LogP contribution in [0.3, 0.4) is 0 Å². The Morgan fingerprint density at radius 3 is 2.93 bits per heavy atom. The second-order valence-electron chi connectivity index (χ2n) is 3.37. The number of hydrogen-bond acceptors (Lipinski definition) is 3. The van der Waals surface area contributed by atoms with Crippen LogP contribution in [0.15, 0.2) is 10.7 Å². The second-order valence-corrected chi connectivity index (χ2v) is 4.22. The summed E-state index contributed by atoms with van der Waals surface area (Å²) in [5.41, 5.74) is 0.564. The fourth-order valence-corrected chi connectivity index (χ4v) is 1.55. The van der Waals surface area contributed by atoms with Gasteiger partial charge in [-0.25, -0.2) is 9.97 Å². The largest absolute Gasteiger partial charge is 0.481 e. The third kappa shape index (κ3) is 2.09. The van der Waals surface area contributed by atoms with Crippen LogP contribution >= 0.6 is 15.9 Å². The van der Waals surface area contributed by atoms with Crippen LogP contribution in [-0.4, -0.2) is 21.0 Å². The molecule has 1 aromatic rings. The van der Waals surface area contributed by atoms with Crippen LogP contribution in [-0.2, 0) is 11.2 Å². The van der Waals surface area contributed by atoms with Crippen molar-refractivity contribution < 1.29 is 9.90 Å². The summed E-state index contributed by atoms with van der Waals surface area (Å²) >= 11 is 3.24. The molecule has 1 fully saturated rings. The van der Waals surface area contributed by atoms with E-state index in [2.05, 4.69) is 25.9 Å². The molecule has 0 aromatic carbocycles. The molecule has 2 rings (SSSR count). The zero-order chi connectivity index (χ0) is 10.1. The van der Waals surface area contributed by atoms with Gasteiger partial charge in [-0.1, -0.05) is 0 Å². The molecule has 1 aromatic heterocycles. The van der Waals surface area contributed by atoms with Crippen molar-refractivity contribution in [1.82, 2.24) is 9.97 Å². The van der Waals surface area contributed by atoms with E-state index >= 15 is 0 Å². The van der Waals surface area contributed by atoms with Crippen molar-refractivity contribution in [1.29, 1.82) is 0 Å². The van der Waals surface area contributed by atoms with Gasteiger partial charge in [-0.15, -0.1) is 0 Å². The first-order valence-electron chi connectivity index (χ1n) is 4.40. The molecule has 0 radical (unpaired) electrons. The Morgan fingerprint density at radius 2 is 2.36 bits per heavy atom. The molecule has 1 aliphatic rings. The lowest BCUT2D eigenvalue weighted by atomic mass is 10.3. The van der Waals surface area contributed by atoms with E-state index in [1.165, 1.54) is 0 Å². The molecule has 5 heteroatoms. The van der Waals surface area contributed by atoms with Crippen LogP contribution in [0.2, 0.25) is 0 Å². The maximum Gasteiger partial charge on any atom is 0.309 e. The molecule has 0 spiro atoms. The Labute approximate surface area is 89.5 Å². The lowest BCUT2D eigenvalue weighted by Gasteiger charge is -2.02. The molecule has 1 heterocycles. The van der Waals surface area contributed by atoms with E-state index in [9.17, 15) is 4.79 Å². The average Bonchev–Trinajstić information content (AvgIpc) is 2.91. The molecule has 0 atom stereocenters. The molecule has 1 N–H and O–H groups in total. The van der Waals surface area contributed by atoms with Crippen molar-refractivity contribution in [2.45, 2.75) is 25.2 Å². The highest BCUT2D eigenvalue weighted by Gasteiger charge is 2.27. The van der Waals surface area contributed by atoms with Crippen molar-refractivity contribution in [3.05, 3.63) is 22.2 Å². The summed E-state index contributed by atoms with van der Waals surface area (Å²) < 4.78 is 0.671. The number of rotatable bonds is 3. The van der Waals surface area contributed by atoms with E-state index in [1.54, 1.807) is 6.20 Å². The van der Waals surface area contributed by atoms with E-state index in [-0.39, 0.29) is 6.42 Å². The molecule has 74 valence electrons. The third-order valence-electron chi connectivity index (χ3n) is 2.10. The van der Waals surface area contributed by atoms with Gasteiger partial charge in [0.1, 0.15) is 5.82 Å². The fourth-order valence-electron chi connectivity index (χ4n) is 1.22. The van der Waals surface area contributed by atoms with Crippen LogP contribution in [0.1, 0.15) is 30.3 Å². The van der Waals surface area contributed by atoms with Crippen molar-refractivity contribution in [2.24, 2.45) is 0 Å². The van der Waals surface area contributed by atoms with E-state index in [1.807, 2.05) is 0 Å². The SMILES string of the molecule is O=C(O)Cc1nc(C2CC2)ncc1Br. The highest BCUT2D eigenvalue weighted by molar-refractivity contribution is 9.10. The quantitative estimate of drug-likeness (QED) is 0.895. The molecule has 14 heavy (non-hydrogen) atoms. The summed E-state index contributed by atoms with van der Waals surface area (Å²) in [5, 5.41) is 8.66. The minimum atomic E-state index is -0.869. The van der Waals surface area contributed by atoms with Gasteiger partial charge in [-0.05, 0) is 28.8 Å². The number of aromatic nitrogens is 2. The van der Waals surface area contributed by atoms with Gasteiger partial charge in [0.2, 0.25) is 0 Å².